The zero-order valence-electron chi connectivity index (χ0n) is 11.5. The van der Waals surface area contributed by atoms with Gasteiger partial charge in [0, 0.05) is 12.3 Å². The monoisotopic (exact) mass is 249 g/mol. The van der Waals surface area contributed by atoms with Crippen molar-refractivity contribution >= 4 is 5.95 Å². The highest BCUT2D eigenvalue weighted by molar-refractivity contribution is 5.21. The molecule has 100 valence electrons. The van der Waals surface area contributed by atoms with Crippen LogP contribution in [0.25, 0.3) is 0 Å². The van der Waals surface area contributed by atoms with E-state index in [2.05, 4.69) is 30.7 Å². The highest BCUT2D eigenvalue weighted by Gasteiger charge is 2.32. The molecule has 2 N–H and O–H groups in total. The van der Waals surface area contributed by atoms with E-state index >= 15 is 0 Å². The molecule has 1 fully saturated rings. The molecule has 1 aliphatic carbocycles. The second kappa shape index (κ2) is 5.55. The van der Waals surface area contributed by atoms with Crippen LogP contribution in [0.1, 0.15) is 40.0 Å². The van der Waals surface area contributed by atoms with Crippen LogP contribution in [0.5, 0.6) is 5.88 Å². The van der Waals surface area contributed by atoms with Crippen molar-refractivity contribution in [1.82, 2.24) is 9.97 Å². The van der Waals surface area contributed by atoms with Gasteiger partial charge < -0.3 is 10.5 Å². The molecular formula is C14H23N3O. The molecule has 4 nitrogen and oxygen atoms in total. The summed E-state index contributed by atoms with van der Waals surface area (Å²) in [7, 11) is 0. The van der Waals surface area contributed by atoms with Gasteiger partial charge in [-0.2, -0.15) is 4.98 Å². The normalized spacial score (nSPS) is 28.3. The van der Waals surface area contributed by atoms with E-state index in [0.29, 0.717) is 17.7 Å². The van der Waals surface area contributed by atoms with Crippen LogP contribution in [0.15, 0.2) is 12.3 Å². The Morgan fingerprint density at radius 1 is 1.39 bits per heavy atom. The third kappa shape index (κ3) is 3.12. The first kappa shape index (κ1) is 13.1. The van der Waals surface area contributed by atoms with Gasteiger partial charge in [0.15, 0.2) is 0 Å². The molecule has 0 aromatic carbocycles. The molecule has 4 heteroatoms. The maximum Gasteiger partial charge on any atom is 0.223 e. The molecule has 0 radical (unpaired) electrons. The van der Waals surface area contributed by atoms with Gasteiger partial charge in [-0.3, -0.25) is 0 Å². The number of nitrogens with zero attached hydrogens (tertiary/aromatic N) is 2. The van der Waals surface area contributed by atoms with Gasteiger partial charge in [0.1, 0.15) is 6.10 Å². The van der Waals surface area contributed by atoms with Crippen LogP contribution >= 0.6 is 0 Å². The first-order valence-electron chi connectivity index (χ1n) is 6.81. The fourth-order valence-corrected chi connectivity index (χ4v) is 2.83. The van der Waals surface area contributed by atoms with Crippen molar-refractivity contribution in [3.8, 4) is 5.88 Å². The fourth-order valence-electron chi connectivity index (χ4n) is 2.83. The van der Waals surface area contributed by atoms with E-state index < -0.39 is 0 Å². The number of nitrogens with two attached hydrogens (primary N) is 1. The molecule has 1 heterocycles. The van der Waals surface area contributed by atoms with E-state index in [1.807, 2.05) is 0 Å². The maximum atomic E-state index is 6.05. The summed E-state index contributed by atoms with van der Waals surface area (Å²) in [5, 5.41) is 0. The Morgan fingerprint density at radius 3 is 2.83 bits per heavy atom. The Labute approximate surface area is 109 Å². The van der Waals surface area contributed by atoms with Gasteiger partial charge in [-0.1, -0.05) is 27.2 Å². The van der Waals surface area contributed by atoms with E-state index in [0.717, 1.165) is 12.3 Å². The second-order valence-corrected chi connectivity index (χ2v) is 5.74. The smallest absolute Gasteiger partial charge is 0.223 e. The summed E-state index contributed by atoms with van der Waals surface area (Å²) in [6, 6.07) is 1.78. The number of nitrogen functional groups attached to an aromatic ring is 1. The fraction of sp³-hybridized carbons (Fsp3) is 0.714. The Bertz CT molecular complexity index is 394. The molecule has 0 amide bonds. The van der Waals surface area contributed by atoms with E-state index in [1.54, 1.807) is 12.3 Å². The van der Waals surface area contributed by atoms with E-state index in [4.69, 9.17) is 10.5 Å². The van der Waals surface area contributed by atoms with Gasteiger partial charge in [-0.05, 0) is 30.6 Å². The van der Waals surface area contributed by atoms with Crippen LogP contribution in [0.3, 0.4) is 0 Å². The molecule has 3 unspecified atom stereocenters. The first-order chi connectivity index (χ1) is 8.56. The van der Waals surface area contributed by atoms with Crippen LogP contribution in [-0.4, -0.2) is 16.1 Å². The van der Waals surface area contributed by atoms with E-state index in [-0.39, 0.29) is 12.1 Å². The highest BCUT2D eigenvalue weighted by atomic mass is 16.5. The van der Waals surface area contributed by atoms with Gasteiger partial charge in [-0.25, -0.2) is 4.98 Å². The Morgan fingerprint density at radius 2 is 2.17 bits per heavy atom. The minimum atomic E-state index is 0.253. The zero-order chi connectivity index (χ0) is 13.1. The van der Waals surface area contributed by atoms with Crippen molar-refractivity contribution in [3.63, 3.8) is 0 Å². The average molecular weight is 249 g/mol. The van der Waals surface area contributed by atoms with Crippen LogP contribution in [-0.2, 0) is 0 Å². The lowest BCUT2D eigenvalue weighted by molar-refractivity contribution is 0.0427. The largest absolute Gasteiger partial charge is 0.474 e. The van der Waals surface area contributed by atoms with Crippen LogP contribution in [0.4, 0.5) is 5.95 Å². The predicted molar refractivity (Wildman–Crippen MR) is 72.2 cm³/mol. The zero-order valence-corrected chi connectivity index (χ0v) is 11.5. The van der Waals surface area contributed by atoms with Gasteiger partial charge >= 0.3 is 0 Å². The number of hydrogen-bond acceptors (Lipinski definition) is 4. The van der Waals surface area contributed by atoms with Crippen LogP contribution in [0, 0.1) is 17.8 Å². The summed E-state index contributed by atoms with van der Waals surface area (Å²) in [6.45, 7) is 6.83. The summed E-state index contributed by atoms with van der Waals surface area (Å²) in [6.07, 6.45) is 5.54. The lowest BCUT2D eigenvalue weighted by Gasteiger charge is -2.36. The summed E-state index contributed by atoms with van der Waals surface area (Å²) in [4.78, 5) is 8.02. The molecule has 1 aliphatic rings. The molecule has 1 saturated carbocycles. The van der Waals surface area contributed by atoms with Crippen LogP contribution < -0.4 is 10.5 Å². The molecule has 0 aliphatic heterocycles. The number of rotatable bonds is 3. The minimum absolute atomic E-state index is 0.253. The lowest BCUT2D eigenvalue weighted by Crippen LogP contribution is -2.36. The van der Waals surface area contributed by atoms with Crippen LogP contribution in [0.2, 0.25) is 0 Å². The molecule has 0 bridgehead atoms. The molecule has 3 atom stereocenters. The first-order valence-corrected chi connectivity index (χ1v) is 6.81. The SMILES string of the molecule is CC1CCC(C(C)C)C(Oc2ccnc(N)n2)C1. The standard InChI is InChI=1S/C14H23N3O/c1-9(2)11-5-4-10(3)8-12(11)18-13-6-7-16-14(15)17-13/h6-7,9-12H,4-5,8H2,1-3H3,(H2,15,16,17). The highest BCUT2D eigenvalue weighted by Crippen LogP contribution is 2.35. The number of aromatic nitrogens is 2. The second-order valence-electron chi connectivity index (χ2n) is 5.74. The van der Waals surface area contributed by atoms with Gasteiger partial charge in [-0.15, -0.1) is 0 Å². The van der Waals surface area contributed by atoms with Crippen molar-refractivity contribution in [1.29, 1.82) is 0 Å². The summed E-state index contributed by atoms with van der Waals surface area (Å²) in [5.74, 6) is 2.85. The topological polar surface area (TPSA) is 61.0 Å². The summed E-state index contributed by atoms with van der Waals surface area (Å²) < 4.78 is 6.05. The quantitative estimate of drug-likeness (QED) is 0.894. The van der Waals surface area contributed by atoms with Gasteiger partial charge in [0.2, 0.25) is 11.8 Å². The predicted octanol–water partition coefficient (Wildman–Crippen LogP) is 2.90. The Hall–Kier alpha value is -1.32. The van der Waals surface area contributed by atoms with Gasteiger partial charge in [0.05, 0.1) is 0 Å². The van der Waals surface area contributed by atoms with Crippen molar-refractivity contribution in [3.05, 3.63) is 12.3 Å². The average Bonchev–Trinajstić information content (AvgIpc) is 2.28. The van der Waals surface area contributed by atoms with Crippen molar-refractivity contribution in [2.45, 2.75) is 46.1 Å². The maximum absolute atomic E-state index is 6.05. The lowest BCUT2D eigenvalue weighted by atomic mass is 9.75. The Kier molecular flexibility index (Phi) is 4.04. The molecule has 0 spiro atoms. The van der Waals surface area contributed by atoms with Crippen molar-refractivity contribution < 1.29 is 4.74 Å². The molecule has 0 saturated heterocycles. The Balaban J connectivity index is 2.08. The third-order valence-corrected chi connectivity index (χ3v) is 3.88. The molecule has 1 aromatic rings. The molecule has 1 aromatic heterocycles. The van der Waals surface area contributed by atoms with E-state index in [9.17, 15) is 0 Å². The van der Waals surface area contributed by atoms with E-state index in [1.165, 1.54) is 12.8 Å². The minimum Gasteiger partial charge on any atom is -0.474 e. The number of ether oxygens (including phenoxy) is 1. The van der Waals surface area contributed by atoms with Crippen molar-refractivity contribution in [2.24, 2.45) is 17.8 Å². The third-order valence-electron chi connectivity index (χ3n) is 3.88. The number of hydrogen-bond donors (Lipinski definition) is 1. The van der Waals surface area contributed by atoms with Gasteiger partial charge in [0.25, 0.3) is 0 Å². The molecular weight excluding hydrogens is 226 g/mol. The van der Waals surface area contributed by atoms with Crippen molar-refractivity contribution in [2.75, 3.05) is 5.73 Å². The summed E-state index contributed by atoms with van der Waals surface area (Å²) >= 11 is 0. The molecule has 2 rings (SSSR count). The summed E-state index contributed by atoms with van der Waals surface area (Å²) in [5.41, 5.74) is 5.58. The molecule has 18 heavy (non-hydrogen) atoms. The number of anilines is 1.